The van der Waals surface area contributed by atoms with Crippen LogP contribution in [0.2, 0.25) is 10.0 Å². The van der Waals surface area contributed by atoms with Crippen molar-refractivity contribution in [3.63, 3.8) is 0 Å². The number of aryl methyl sites for hydroxylation is 1. The molecule has 1 N–H and O–H groups in total. The molecule has 0 aliphatic heterocycles. The van der Waals surface area contributed by atoms with Crippen molar-refractivity contribution in [2.75, 3.05) is 11.1 Å². The molecule has 0 spiro atoms. The first kappa shape index (κ1) is 15.2. The Hall–Kier alpha value is -1.16. The summed E-state index contributed by atoms with van der Waals surface area (Å²) >= 11 is 13.4. The quantitative estimate of drug-likeness (QED) is 0.798. The lowest BCUT2D eigenvalue weighted by Crippen LogP contribution is -2.14. The van der Waals surface area contributed by atoms with Gasteiger partial charge in [-0.25, -0.2) is 0 Å². The summed E-state index contributed by atoms with van der Waals surface area (Å²) in [4.78, 5) is 12.9. The van der Waals surface area contributed by atoms with Gasteiger partial charge in [0.25, 0.3) is 0 Å². The van der Waals surface area contributed by atoms with Gasteiger partial charge in [0.05, 0.1) is 21.5 Å². The molecule has 5 heteroatoms. The Labute approximate surface area is 132 Å². The van der Waals surface area contributed by atoms with Gasteiger partial charge >= 0.3 is 0 Å². The maximum absolute atomic E-state index is 11.9. The Morgan fingerprint density at radius 2 is 1.85 bits per heavy atom. The van der Waals surface area contributed by atoms with E-state index in [2.05, 4.69) is 5.32 Å². The molecule has 0 aliphatic carbocycles. The van der Waals surface area contributed by atoms with Crippen LogP contribution in [0.4, 0.5) is 5.69 Å². The maximum Gasteiger partial charge on any atom is 0.234 e. The molecule has 2 aromatic carbocycles. The second kappa shape index (κ2) is 7.02. The summed E-state index contributed by atoms with van der Waals surface area (Å²) < 4.78 is 0. The van der Waals surface area contributed by atoms with Crippen molar-refractivity contribution < 1.29 is 4.79 Å². The van der Waals surface area contributed by atoms with Crippen LogP contribution in [0.3, 0.4) is 0 Å². The number of hydrogen-bond donors (Lipinski definition) is 1. The summed E-state index contributed by atoms with van der Waals surface area (Å²) in [5, 5.41) is 3.55. The minimum atomic E-state index is -0.111. The molecule has 20 heavy (non-hydrogen) atoms. The summed E-state index contributed by atoms with van der Waals surface area (Å²) in [6, 6.07) is 13.2. The van der Waals surface area contributed by atoms with E-state index in [0.717, 1.165) is 4.90 Å². The molecule has 1 amide bonds. The zero-order valence-electron chi connectivity index (χ0n) is 10.8. The Kier molecular flexibility index (Phi) is 5.35. The van der Waals surface area contributed by atoms with Gasteiger partial charge in [-0.1, -0.05) is 47.0 Å². The second-order valence-corrected chi connectivity index (χ2v) is 6.09. The van der Waals surface area contributed by atoms with Gasteiger partial charge in [-0.2, -0.15) is 0 Å². The van der Waals surface area contributed by atoms with E-state index in [4.69, 9.17) is 23.2 Å². The Balaban J connectivity index is 1.92. The van der Waals surface area contributed by atoms with Crippen LogP contribution in [0.25, 0.3) is 0 Å². The summed E-state index contributed by atoms with van der Waals surface area (Å²) in [5.41, 5.74) is 1.73. The van der Waals surface area contributed by atoms with Gasteiger partial charge in [-0.05, 0) is 31.2 Å². The summed E-state index contributed by atoms with van der Waals surface area (Å²) in [5.74, 6) is 0.214. The van der Waals surface area contributed by atoms with Crippen LogP contribution >= 0.6 is 35.0 Å². The molecule has 0 aromatic heterocycles. The number of halogens is 2. The summed E-state index contributed by atoms with van der Waals surface area (Å²) in [7, 11) is 0. The van der Waals surface area contributed by atoms with E-state index in [1.54, 1.807) is 18.2 Å². The Bertz CT molecular complexity index is 614. The number of hydrogen-bond acceptors (Lipinski definition) is 2. The zero-order valence-corrected chi connectivity index (χ0v) is 13.1. The van der Waals surface area contributed by atoms with Gasteiger partial charge in [-0.15, -0.1) is 11.8 Å². The Morgan fingerprint density at radius 3 is 2.55 bits per heavy atom. The number of benzene rings is 2. The van der Waals surface area contributed by atoms with Gasteiger partial charge in [-0.3, -0.25) is 4.79 Å². The lowest BCUT2D eigenvalue weighted by Gasteiger charge is -2.08. The average molecular weight is 326 g/mol. The minimum Gasteiger partial charge on any atom is -0.324 e. The third-order valence-corrected chi connectivity index (χ3v) is 4.45. The molecule has 2 nitrogen and oxygen atoms in total. The fourth-order valence-corrected chi connectivity index (χ4v) is 2.62. The number of rotatable bonds is 4. The lowest BCUT2D eigenvalue weighted by molar-refractivity contribution is -0.113. The smallest absolute Gasteiger partial charge is 0.234 e. The molecule has 2 rings (SSSR count). The molecular formula is C15H13Cl2NOS. The number of carbonyl (C=O) groups is 1. The van der Waals surface area contributed by atoms with Crippen LogP contribution in [-0.4, -0.2) is 11.7 Å². The van der Waals surface area contributed by atoms with Gasteiger partial charge in [0, 0.05) is 4.90 Å². The SMILES string of the molecule is Cc1ccc(SCC(=O)Nc2cccc(Cl)c2Cl)cc1. The van der Waals surface area contributed by atoms with E-state index in [0.29, 0.717) is 21.5 Å². The van der Waals surface area contributed by atoms with Crippen LogP contribution in [-0.2, 0) is 4.79 Å². The van der Waals surface area contributed by atoms with Crippen LogP contribution in [0.1, 0.15) is 5.56 Å². The summed E-state index contributed by atoms with van der Waals surface area (Å²) in [6.07, 6.45) is 0. The van der Waals surface area contributed by atoms with Crippen LogP contribution in [0, 0.1) is 6.92 Å². The van der Waals surface area contributed by atoms with Gasteiger partial charge in [0.2, 0.25) is 5.91 Å². The van der Waals surface area contributed by atoms with E-state index in [1.807, 2.05) is 31.2 Å². The number of amides is 1. The number of nitrogens with one attached hydrogen (secondary N) is 1. The largest absolute Gasteiger partial charge is 0.324 e. The van der Waals surface area contributed by atoms with E-state index in [9.17, 15) is 4.79 Å². The molecule has 2 aromatic rings. The predicted octanol–water partition coefficient (Wildman–Crippen LogP) is 5.03. The van der Waals surface area contributed by atoms with Crippen LogP contribution < -0.4 is 5.32 Å². The van der Waals surface area contributed by atoms with E-state index in [1.165, 1.54) is 17.3 Å². The lowest BCUT2D eigenvalue weighted by atomic mass is 10.2. The molecule has 0 bridgehead atoms. The number of thioether (sulfide) groups is 1. The molecule has 0 heterocycles. The van der Waals surface area contributed by atoms with Crippen molar-refractivity contribution in [3.8, 4) is 0 Å². The van der Waals surface area contributed by atoms with Gasteiger partial charge < -0.3 is 5.32 Å². The molecule has 0 atom stereocenters. The molecular weight excluding hydrogens is 313 g/mol. The van der Waals surface area contributed by atoms with Crippen molar-refractivity contribution in [1.29, 1.82) is 0 Å². The maximum atomic E-state index is 11.9. The normalized spacial score (nSPS) is 10.3. The highest BCUT2D eigenvalue weighted by Crippen LogP contribution is 2.29. The summed E-state index contributed by atoms with van der Waals surface area (Å²) in [6.45, 7) is 2.03. The first-order valence-corrected chi connectivity index (χ1v) is 7.74. The number of carbonyl (C=O) groups excluding carboxylic acids is 1. The minimum absolute atomic E-state index is 0.111. The van der Waals surface area contributed by atoms with Crippen molar-refractivity contribution in [2.45, 2.75) is 11.8 Å². The monoisotopic (exact) mass is 325 g/mol. The van der Waals surface area contributed by atoms with Crippen molar-refractivity contribution in [2.24, 2.45) is 0 Å². The molecule has 104 valence electrons. The number of anilines is 1. The third-order valence-electron chi connectivity index (χ3n) is 2.62. The van der Waals surface area contributed by atoms with E-state index in [-0.39, 0.29) is 5.91 Å². The molecule has 0 fully saturated rings. The highest BCUT2D eigenvalue weighted by molar-refractivity contribution is 8.00. The standard InChI is InChI=1S/C15H13Cl2NOS/c1-10-5-7-11(8-6-10)20-9-14(19)18-13-4-2-3-12(16)15(13)17/h2-8H,9H2,1H3,(H,18,19). The van der Waals surface area contributed by atoms with E-state index >= 15 is 0 Å². The Morgan fingerprint density at radius 1 is 1.15 bits per heavy atom. The van der Waals surface area contributed by atoms with Crippen molar-refractivity contribution in [3.05, 3.63) is 58.1 Å². The van der Waals surface area contributed by atoms with Gasteiger partial charge in [0.1, 0.15) is 0 Å². The highest BCUT2D eigenvalue weighted by Gasteiger charge is 2.08. The average Bonchev–Trinajstić information content (AvgIpc) is 2.43. The fraction of sp³-hybridized carbons (Fsp3) is 0.133. The third kappa shape index (κ3) is 4.17. The molecule has 0 unspecified atom stereocenters. The fourth-order valence-electron chi connectivity index (χ4n) is 1.57. The first-order valence-electron chi connectivity index (χ1n) is 5.99. The second-order valence-electron chi connectivity index (χ2n) is 4.25. The molecule has 0 saturated carbocycles. The predicted molar refractivity (Wildman–Crippen MR) is 87.0 cm³/mol. The van der Waals surface area contributed by atoms with Crippen molar-refractivity contribution in [1.82, 2.24) is 0 Å². The van der Waals surface area contributed by atoms with Crippen LogP contribution in [0.5, 0.6) is 0 Å². The molecule has 0 saturated heterocycles. The van der Waals surface area contributed by atoms with Crippen LogP contribution in [0.15, 0.2) is 47.4 Å². The topological polar surface area (TPSA) is 29.1 Å². The van der Waals surface area contributed by atoms with Crippen molar-refractivity contribution >= 4 is 46.6 Å². The molecule has 0 aliphatic rings. The zero-order chi connectivity index (χ0) is 14.5. The molecule has 0 radical (unpaired) electrons. The first-order chi connectivity index (χ1) is 9.56. The van der Waals surface area contributed by atoms with E-state index < -0.39 is 0 Å². The highest BCUT2D eigenvalue weighted by atomic mass is 35.5. The van der Waals surface area contributed by atoms with Gasteiger partial charge in [0.15, 0.2) is 0 Å².